The van der Waals surface area contributed by atoms with Crippen molar-refractivity contribution >= 4 is 22.6 Å². The SMILES string of the molecule is O=C(NCc1ccc(F)cc1)C1=Cc2c([nH]c(=O)n(Cc3ccccc3)c2=O)S(O)(O)C1. The molecular weight excluding hydrogens is 437 g/mol. The van der Waals surface area contributed by atoms with Gasteiger partial charge in [-0.25, -0.2) is 9.18 Å². The Hall–Kier alpha value is -3.47. The minimum Gasteiger partial charge on any atom is -0.348 e. The first-order valence-corrected chi connectivity index (χ1v) is 11.4. The van der Waals surface area contributed by atoms with Crippen molar-refractivity contribution < 1.29 is 18.3 Å². The summed E-state index contributed by atoms with van der Waals surface area (Å²) in [5.41, 5.74) is -0.276. The fourth-order valence-electron chi connectivity index (χ4n) is 3.40. The first-order valence-electron chi connectivity index (χ1n) is 9.65. The summed E-state index contributed by atoms with van der Waals surface area (Å²) in [6.07, 6.45) is 1.27. The van der Waals surface area contributed by atoms with E-state index >= 15 is 0 Å². The van der Waals surface area contributed by atoms with Crippen molar-refractivity contribution in [2.24, 2.45) is 0 Å². The molecule has 1 aliphatic rings. The predicted octanol–water partition coefficient (Wildman–Crippen LogP) is 2.55. The van der Waals surface area contributed by atoms with Gasteiger partial charge in [-0.1, -0.05) is 42.5 Å². The van der Waals surface area contributed by atoms with E-state index in [0.29, 0.717) is 11.1 Å². The number of aromatic nitrogens is 2. The van der Waals surface area contributed by atoms with Crippen LogP contribution in [0, 0.1) is 5.82 Å². The molecule has 3 aromatic rings. The van der Waals surface area contributed by atoms with Crippen molar-refractivity contribution in [1.82, 2.24) is 14.9 Å². The molecule has 0 saturated carbocycles. The number of rotatable bonds is 5. The van der Waals surface area contributed by atoms with E-state index in [9.17, 15) is 27.9 Å². The van der Waals surface area contributed by atoms with Crippen LogP contribution in [0.1, 0.15) is 16.7 Å². The maximum atomic E-state index is 13.0. The van der Waals surface area contributed by atoms with Gasteiger partial charge < -0.3 is 5.32 Å². The summed E-state index contributed by atoms with van der Waals surface area (Å²) in [6.45, 7) is 0.0772. The van der Waals surface area contributed by atoms with Gasteiger partial charge >= 0.3 is 5.69 Å². The summed E-state index contributed by atoms with van der Waals surface area (Å²) >= 11 is 0. The fraction of sp³-hybridized carbons (Fsp3) is 0.136. The highest BCUT2D eigenvalue weighted by atomic mass is 32.3. The molecule has 0 bridgehead atoms. The van der Waals surface area contributed by atoms with Crippen molar-refractivity contribution in [3.63, 3.8) is 0 Å². The lowest BCUT2D eigenvalue weighted by Crippen LogP contribution is -2.40. The summed E-state index contributed by atoms with van der Waals surface area (Å²) in [7, 11) is -3.61. The van der Waals surface area contributed by atoms with Gasteiger partial charge in [-0.3, -0.25) is 28.2 Å². The number of fused-ring (bicyclic) bond motifs is 1. The number of hydrogen-bond donors (Lipinski definition) is 4. The minimum absolute atomic E-state index is 0.00461. The average molecular weight is 457 g/mol. The van der Waals surface area contributed by atoms with Crippen LogP contribution in [-0.2, 0) is 17.9 Å². The van der Waals surface area contributed by atoms with Gasteiger partial charge in [0.05, 0.1) is 17.9 Å². The van der Waals surface area contributed by atoms with Crippen LogP contribution < -0.4 is 16.6 Å². The molecule has 1 aromatic heterocycles. The third kappa shape index (κ3) is 4.42. The molecule has 8 nitrogen and oxygen atoms in total. The largest absolute Gasteiger partial charge is 0.348 e. The molecule has 4 rings (SSSR count). The smallest absolute Gasteiger partial charge is 0.330 e. The monoisotopic (exact) mass is 457 g/mol. The summed E-state index contributed by atoms with van der Waals surface area (Å²) < 4.78 is 35.1. The van der Waals surface area contributed by atoms with E-state index in [-0.39, 0.29) is 29.3 Å². The molecule has 32 heavy (non-hydrogen) atoms. The first kappa shape index (κ1) is 21.8. The number of aromatic amines is 1. The first-order chi connectivity index (χ1) is 15.2. The number of carbonyl (C=O) groups excluding carboxylic acids is 1. The van der Waals surface area contributed by atoms with Crippen molar-refractivity contribution in [3.8, 4) is 0 Å². The van der Waals surface area contributed by atoms with Crippen LogP contribution >= 0.6 is 10.6 Å². The third-order valence-corrected chi connectivity index (χ3v) is 6.72. The normalized spacial score (nSPS) is 15.4. The van der Waals surface area contributed by atoms with Gasteiger partial charge in [-0.05, 0) is 29.3 Å². The zero-order valence-corrected chi connectivity index (χ0v) is 17.6. The van der Waals surface area contributed by atoms with Crippen LogP contribution in [0.2, 0.25) is 0 Å². The molecule has 2 heterocycles. The zero-order chi connectivity index (χ0) is 22.9. The standard InChI is InChI=1S/C22H20FN3O5S/c23-17-8-6-14(7-9-17)11-24-19(27)16-10-18-20(32(30,31)13-16)25-22(29)26(21(18)28)12-15-4-2-1-3-5-15/h1-10,30-31H,11-13H2,(H,24,27)(H,25,29). The number of amides is 1. The van der Waals surface area contributed by atoms with E-state index < -0.39 is 39.3 Å². The number of nitrogens with one attached hydrogen (secondary N) is 2. The molecule has 0 radical (unpaired) electrons. The summed E-state index contributed by atoms with van der Waals surface area (Å²) in [4.78, 5) is 40.6. The van der Waals surface area contributed by atoms with Gasteiger partial charge in [-0.2, -0.15) is 0 Å². The van der Waals surface area contributed by atoms with Gasteiger partial charge in [0.2, 0.25) is 5.91 Å². The number of hydrogen-bond acceptors (Lipinski definition) is 5. The van der Waals surface area contributed by atoms with Crippen molar-refractivity contribution in [2.75, 3.05) is 5.75 Å². The van der Waals surface area contributed by atoms with Crippen LogP contribution in [0.4, 0.5) is 4.39 Å². The highest BCUT2D eigenvalue weighted by Gasteiger charge is 2.32. The van der Waals surface area contributed by atoms with E-state index in [4.69, 9.17) is 0 Å². The lowest BCUT2D eigenvalue weighted by molar-refractivity contribution is -0.117. The molecule has 0 atom stereocenters. The Kier molecular flexibility index (Phi) is 5.83. The van der Waals surface area contributed by atoms with Crippen molar-refractivity contribution in [3.05, 3.63) is 104 Å². The van der Waals surface area contributed by atoms with Crippen molar-refractivity contribution in [1.29, 1.82) is 0 Å². The number of halogens is 1. The molecule has 0 saturated heterocycles. The van der Waals surface area contributed by atoms with E-state index in [2.05, 4.69) is 10.3 Å². The Morgan fingerprint density at radius 2 is 1.75 bits per heavy atom. The Morgan fingerprint density at radius 3 is 2.44 bits per heavy atom. The molecule has 10 heteroatoms. The average Bonchev–Trinajstić information content (AvgIpc) is 2.77. The van der Waals surface area contributed by atoms with Gasteiger partial charge in [-0.15, -0.1) is 10.6 Å². The maximum absolute atomic E-state index is 13.0. The Bertz CT molecular complexity index is 1310. The van der Waals surface area contributed by atoms with E-state index in [1.807, 2.05) is 0 Å². The molecular formula is C22H20FN3O5S. The lowest BCUT2D eigenvalue weighted by atomic mass is 10.1. The van der Waals surface area contributed by atoms with Gasteiger partial charge in [0, 0.05) is 12.1 Å². The molecule has 4 N–H and O–H groups in total. The van der Waals surface area contributed by atoms with Crippen LogP contribution in [0.25, 0.3) is 6.08 Å². The van der Waals surface area contributed by atoms with Crippen LogP contribution in [0.5, 0.6) is 0 Å². The van der Waals surface area contributed by atoms with E-state index in [0.717, 1.165) is 4.57 Å². The zero-order valence-electron chi connectivity index (χ0n) is 16.7. The second kappa shape index (κ2) is 8.58. The van der Waals surface area contributed by atoms with Gasteiger partial charge in [0.25, 0.3) is 5.56 Å². The molecule has 0 aliphatic carbocycles. The lowest BCUT2D eigenvalue weighted by Gasteiger charge is -2.36. The number of nitrogens with zero attached hydrogens (tertiary/aromatic N) is 1. The quantitative estimate of drug-likeness (QED) is 0.439. The summed E-state index contributed by atoms with van der Waals surface area (Å²) in [6, 6.07) is 14.4. The number of benzene rings is 2. The summed E-state index contributed by atoms with van der Waals surface area (Å²) in [5, 5.41) is 2.35. The second-order valence-corrected chi connectivity index (χ2v) is 9.37. The second-order valence-electron chi connectivity index (χ2n) is 7.34. The Labute approximate surface area is 183 Å². The van der Waals surface area contributed by atoms with E-state index in [1.165, 1.54) is 30.3 Å². The van der Waals surface area contributed by atoms with Gasteiger partial charge in [0.1, 0.15) is 10.8 Å². The molecule has 0 fully saturated rings. The predicted molar refractivity (Wildman–Crippen MR) is 119 cm³/mol. The Balaban J connectivity index is 1.66. The third-order valence-electron chi connectivity index (χ3n) is 5.03. The molecule has 0 unspecified atom stereocenters. The highest BCUT2D eigenvalue weighted by molar-refractivity contribution is 8.24. The van der Waals surface area contributed by atoms with Crippen LogP contribution in [0.15, 0.2) is 74.8 Å². The molecule has 0 spiro atoms. The number of carbonyl (C=O) groups is 1. The molecule has 1 aliphatic heterocycles. The fourth-order valence-corrected chi connectivity index (χ4v) is 4.94. The van der Waals surface area contributed by atoms with Crippen LogP contribution in [0.3, 0.4) is 0 Å². The highest BCUT2D eigenvalue weighted by Crippen LogP contribution is 2.51. The van der Waals surface area contributed by atoms with Crippen LogP contribution in [-0.4, -0.2) is 30.3 Å². The van der Waals surface area contributed by atoms with Gasteiger partial charge in [0.15, 0.2) is 0 Å². The molecule has 2 aromatic carbocycles. The Morgan fingerprint density at radius 1 is 1.06 bits per heavy atom. The number of H-pyrrole nitrogens is 1. The molecule has 166 valence electrons. The van der Waals surface area contributed by atoms with Crippen molar-refractivity contribution in [2.45, 2.75) is 18.1 Å². The van der Waals surface area contributed by atoms with E-state index in [1.54, 1.807) is 30.3 Å². The maximum Gasteiger partial charge on any atom is 0.330 e. The topological polar surface area (TPSA) is 124 Å². The minimum atomic E-state index is -3.61. The summed E-state index contributed by atoms with van der Waals surface area (Å²) in [5.74, 6) is -1.44. The molecule has 1 amide bonds.